The second-order valence-electron chi connectivity index (χ2n) is 7.57. The van der Waals surface area contributed by atoms with Crippen molar-refractivity contribution >= 4 is 17.2 Å². The molecule has 0 bridgehead atoms. The lowest BCUT2D eigenvalue weighted by molar-refractivity contribution is 0.0954. The van der Waals surface area contributed by atoms with Crippen molar-refractivity contribution < 1.29 is 4.79 Å². The summed E-state index contributed by atoms with van der Waals surface area (Å²) < 4.78 is 0. The highest BCUT2D eigenvalue weighted by Crippen LogP contribution is 2.22. The second-order valence-corrected chi connectivity index (χ2v) is 8.49. The van der Waals surface area contributed by atoms with Crippen LogP contribution >= 0.6 is 11.3 Å². The van der Waals surface area contributed by atoms with E-state index in [2.05, 4.69) is 48.3 Å². The summed E-state index contributed by atoms with van der Waals surface area (Å²) in [5.74, 6) is 1.60. The van der Waals surface area contributed by atoms with Crippen molar-refractivity contribution in [2.75, 3.05) is 13.1 Å². The number of nitrogens with zero attached hydrogens (tertiary/aromatic N) is 1. The first-order chi connectivity index (χ1) is 12.0. The van der Waals surface area contributed by atoms with Gasteiger partial charge in [-0.15, -0.1) is 11.3 Å². The smallest absolute Gasteiger partial charge is 0.261 e. The Morgan fingerprint density at radius 2 is 1.76 bits per heavy atom. The highest BCUT2D eigenvalue weighted by atomic mass is 32.1. The average molecular weight is 357 g/mol. The van der Waals surface area contributed by atoms with Crippen LogP contribution in [0.4, 0.5) is 0 Å². The number of hydrogen-bond donors (Lipinski definition) is 1. The molecule has 1 amide bonds. The van der Waals surface area contributed by atoms with Crippen LogP contribution in [0.3, 0.4) is 0 Å². The van der Waals surface area contributed by atoms with E-state index in [4.69, 9.17) is 0 Å². The molecule has 1 N–H and O–H groups in total. The highest BCUT2D eigenvalue weighted by Gasteiger charge is 2.21. The van der Waals surface area contributed by atoms with Gasteiger partial charge >= 0.3 is 0 Å². The topological polar surface area (TPSA) is 32.3 Å². The van der Waals surface area contributed by atoms with Gasteiger partial charge in [-0.2, -0.15) is 0 Å². The molecule has 2 heterocycles. The van der Waals surface area contributed by atoms with Gasteiger partial charge in [0.05, 0.1) is 4.88 Å². The van der Waals surface area contributed by atoms with Gasteiger partial charge in [0.1, 0.15) is 0 Å². The van der Waals surface area contributed by atoms with Crippen molar-refractivity contribution in [2.24, 2.45) is 11.8 Å². The number of carbonyl (C=O) groups is 1. The molecule has 1 aliphatic heterocycles. The van der Waals surface area contributed by atoms with E-state index in [1.54, 1.807) is 0 Å². The first kappa shape index (κ1) is 18.2. The van der Waals surface area contributed by atoms with Crippen LogP contribution in [-0.2, 0) is 13.1 Å². The third kappa shape index (κ3) is 4.93. The van der Waals surface area contributed by atoms with Gasteiger partial charge in [0.25, 0.3) is 5.91 Å². The van der Waals surface area contributed by atoms with Gasteiger partial charge < -0.3 is 5.32 Å². The standard InChI is InChI=1S/C21H28N2OS/c1-15-10-16(2)13-23(12-15)14-19-6-4-18(5-7-19)11-22-21(24)20-17(3)8-9-25-20/h4-9,15-16H,10-14H2,1-3H3,(H,22,24). The lowest BCUT2D eigenvalue weighted by atomic mass is 9.91. The predicted molar refractivity (Wildman–Crippen MR) is 105 cm³/mol. The molecule has 1 saturated heterocycles. The van der Waals surface area contributed by atoms with Crippen molar-refractivity contribution in [2.45, 2.75) is 40.3 Å². The minimum Gasteiger partial charge on any atom is -0.347 e. The van der Waals surface area contributed by atoms with E-state index in [0.29, 0.717) is 6.54 Å². The number of amides is 1. The van der Waals surface area contributed by atoms with E-state index >= 15 is 0 Å². The van der Waals surface area contributed by atoms with Gasteiger partial charge in [0.15, 0.2) is 0 Å². The SMILES string of the molecule is Cc1ccsc1C(=O)NCc1ccc(CN2CC(C)CC(C)C2)cc1. The zero-order valence-electron chi connectivity index (χ0n) is 15.4. The van der Waals surface area contributed by atoms with Crippen molar-refractivity contribution in [3.05, 3.63) is 57.3 Å². The van der Waals surface area contributed by atoms with E-state index in [0.717, 1.165) is 34.4 Å². The molecule has 1 aliphatic rings. The molecule has 2 unspecified atom stereocenters. The maximum atomic E-state index is 12.2. The van der Waals surface area contributed by atoms with Gasteiger partial charge in [-0.25, -0.2) is 0 Å². The van der Waals surface area contributed by atoms with E-state index in [1.807, 2.05) is 18.4 Å². The highest BCUT2D eigenvalue weighted by molar-refractivity contribution is 7.12. The molecule has 1 fully saturated rings. The number of likely N-dealkylation sites (tertiary alicyclic amines) is 1. The fraction of sp³-hybridized carbons (Fsp3) is 0.476. The van der Waals surface area contributed by atoms with Crippen LogP contribution < -0.4 is 5.32 Å². The van der Waals surface area contributed by atoms with Gasteiger partial charge in [-0.1, -0.05) is 38.1 Å². The molecular weight excluding hydrogens is 328 g/mol. The number of rotatable bonds is 5. The average Bonchev–Trinajstić information content (AvgIpc) is 2.99. The van der Waals surface area contributed by atoms with E-state index in [9.17, 15) is 4.79 Å². The fourth-order valence-corrected chi connectivity index (χ4v) is 4.65. The quantitative estimate of drug-likeness (QED) is 0.857. The molecule has 1 aromatic carbocycles. The van der Waals surface area contributed by atoms with Gasteiger partial charge in [-0.3, -0.25) is 9.69 Å². The third-order valence-electron chi connectivity index (χ3n) is 4.90. The first-order valence-corrected chi connectivity index (χ1v) is 10.0. The molecule has 3 nitrogen and oxygen atoms in total. The Kier molecular flexibility index (Phi) is 5.92. The lowest BCUT2D eigenvalue weighted by Gasteiger charge is -2.35. The monoisotopic (exact) mass is 356 g/mol. The summed E-state index contributed by atoms with van der Waals surface area (Å²) in [7, 11) is 0. The normalized spacial score (nSPS) is 21.2. The summed E-state index contributed by atoms with van der Waals surface area (Å²) in [4.78, 5) is 15.6. The Hall–Kier alpha value is -1.65. The Balaban J connectivity index is 1.52. The maximum Gasteiger partial charge on any atom is 0.261 e. The number of hydrogen-bond acceptors (Lipinski definition) is 3. The van der Waals surface area contributed by atoms with Crippen LogP contribution in [0.2, 0.25) is 0 Å². The number of piperidine rings is 1. The largest absolute Gasteiger partial charge is 0.347 e. The van der Waals surface area contributed by atoms with Crippen LogP contribution in [0.5, 0.6) is 0 Å². The van der Waals surface area contributed by atoms with Crippen LogP contribution in [-0.4, -0.2) is 23.9 Å². The molecule has 25 heavy (non-hydrogen) atoms. The van der Waals surface area contributed by atoms with Gasteiger partial charge in [-0.05, 0) is 53.3 Å². The Bertz CT molecular complexity index is 697. The zero-order chi connectivity index (χ0) is 17.8. The number of thiophene rings is 1. The minimum atomic E-state index is 0.0212. The lowest BCUT2D eigenvalue weighted by Crippen LogP contribution is -2.38. The van der Waals surface area contributed by atoms with Crippen molar-refractivity contribution in [1.82, 2.24) is 10.2 Å². The number of carbonyl (C=O) groups excluding carboxylic acids is 1. The molecule has 0 aliphatic carbocycles. The first-order valence-electron chi connectivity index (χ1n) is 9.13. The minimum absolute atomic E-state index is 0.0212. The molecule has 4 heteroatoms. The maximum absolute atomic E-state index is 12.2. The molecule has 1 aromatic heterocycles. The number of nitrogens with one attached hydrogen (secondary N) is 1. The molecule has 0 saturated carbocycles. The second kappa shape index (κ2) is 8.15. The van der Waals surface area contributed by atoms with Crippen molar-refractivity contribution in [3.8, 4) is 0 Å². The summed E-state index contributed by atoms with van der Waals surface area (Å²) in [6.45, 7) is 10.7. The predicted octanol–water partition coefficient (Wildman–Crippen LogP) is 4.46. The Labute approximate surface area is 155 Å². The number of aryl methyl sites for hydroxylation is 1. The van der Waals surface area contributed by atoms with Crippen molar-refractivity contribution in [3.63, 3.8) is 0 Å². The van der Waals surface area contributed by atoms with E-state index in [-0.39, 0.29) is 5.91 Å². The molecule has 0 radical (unpaired) electrons. The van der Waals surface area contributed by atoms with Gasteiger partial charge in [0.2, 0.25) is 0 Å². The molecule has 134 valence electrons. The van der Waals surface area contributed by atoms with Crippen LogP contribution in [0.15, 0.2) is 35.7 Å². The molecule has 2 aromatic rings. The summed E-state index contributed by atoms with van der Waals surface area (Å²) in [5, 5.41) is 4.98. The Morgan fingerprint density at radius 3 is 2.36 bits per heavy atom. The van der Waals surface area contributed by atoms with Crippen LogP contribution in [0, 0.1) is 18.8 Å². The molecular formula is C21H28N2OS. The fourth-order valence-electron chi connectivity index (χ4n) is 3.81. The summed E-state index contributed by atoms with van der Waals surface area (Å²) in [5.41, 5.74) is 3.54. The van der Waals surface area contributed by atoms with E-state index in [1.165, 1.54) is 36.4 Å². The third-order valence-corrected chi connectivity index (χ3v) is 5.91. The molecule has 0 spiro atoms. The molecule has 2 atom stereocenters. The van der Waals surface area contributed by atoms with Crippen molar-refractivity contribution in [1.29, 1.82) is 0 Å². The van der Waals surface area contributed by atoms with Crippen LogP contribution in [0.25, 0.3) is 0 Å². The van der Waals surface area contributed by atoms with E-state index < -0.39 is 0 Å². The zero-order valence-corrected chi connectivity index (χ0v) is 16.2. The van der Waals surface area contributed by atoms with Gasteiger partial charge in [0, 0.05) is 26.2 Å². The summed E-state index contributed by atoms with van der Waals surface area (Å²) in [6, 6.07) is 10.6. The Morgan fingerprint density at radius 1 is 1.12 bits per heavy atom. The van der Waals surface area contributed by atoms with Crippen LogP contribution in [0.1, 0.15) is 46.6 Å². The number of benzene rings is 1. The molecule has 3 rings (SSSR count). The summed E-state index contributed by atoms with van der Waals surface area (Å²) >= 11 is 1.50. The summed E-state index contributed by atoms with van der Waals surface area (Å²) in [6.07, 6.45) is 1.35.